The Labute approximate surface area is 180 Å². The summed E-state index contributed by atoms with van der Waals surface area (Å²) in [6.07, 6.45) is -3.91. The van der Waals surface area contributed by atoms with Crippen molar-refractivity contribution in [1.82, 2.24) is 9.55 Å². The quantitative estimate of drug-likeness (QED) is 0.407. The van der Waals surface area contributed by atoms with Crippen molar-refractivity contribution in [3.8, 4) is 0 Å². The molecule has 3 unspecified atom stereocenters. The molecule has 0 amide bonds. The number of aliphatic hydroxyl groups is 1. The van der Waals surface area contributed by atoms with Gasteiger partial charge < -0.3 is 34.6 Å². The Hall–Kier alpha value is -1.10. The van der Waals surface area contributed by atoms with Crippen molar-refractivity contribution < 1.29 is 38.0 Å². The summed E-state index contributed by atoms with van der Waals surface area (Å²) in [7, 11) is -7.88. The van der Waals surface area contributed by atoms with E-state index >= 15 is 0 Å². The molecule has 0 aromatic carbocycles. The fraction of sp³-hybridized carbons (Fsp3) is 0.765. The Bertz CT molecular complexity index is 953. The second kappa shape index (κ2) is 8.68. The second-order valence-electron chi connectivity index (χ2n) is 8.99. The van der Waals surface area contributed by atoms with Crippen molar-refractivity contribution >= 4 is 20.8 Å². The first kappa shape index (κ1) is 26.2. The fourth-order valence-electron chi connectivity index (χ4n) is 2.65. The number of nitrogens with two attached hydrogens (primary N) is 1. The third-order valence-electron chi connectivity index (χ3n) is 5.12. The lowest BCUT2D eigenvalue weighted by Gasteiger charge is -2.34. The number of hydrogen-bond donors (Lipinski definition) is 4. The third-order valence-corrected chi connectivity index (χ3v) is 9.42. The van der Waals surface area contributed by atoms with Gasteiger partial charge in [-0.15, -0.1) is 0 Å². The number of hydrogen-bond acceptors (Lipinski definition) is 9. The van der Waals surface area contributed by atoms with Crippen LogP contribution in [0.4, 0.5) is 5.82 Å². The van der Waals surface area contributed by atoms with Gasteiger partial charge in [0.1, 0.15) is 29.5 Å². The van der Waals surface area contributed by atoms with E-state index in [0.29, 0.717) is 0 Å². The van der Waals surface area contributed by atoms with Crippen LogP contribution in [0.15, 0.2) is 17.1 Å². The fourth-order valence-corrected chi connectivity index (χ4v) is 3.70. The predicted octanol–water partition coefficient (Wildman–Crippen LogP) is 1.11. The van der Waals surface area contributed by atoms with Gasteiger partial charge >= 0.3 is 13.3 Å². The van der Waals surface area contributed by atoms with Gasteiger partial charge in [0.25, 0.3) is 0 Å². The minimum atomic E-state index is -4.09. The van der Waals surface area contributed by atoms with Gasteiger partial charge in [-0.2, -0.15) is 4.98 Å². The number of aromatic nitrogens is 2. The van der Waals surface area contributed by atoms with Gasteiger partial charge in [-0.05, 0) is 40.7 Å². The van der Waals surface area contributed by atoms with Gasteiger partial charge in [-0.3, -0.25) is 13.7 Å². The Morgan fingerprint density at radius 3 is 2.32 bits per heavy atom. The summed E-state index contributed by atoms with van der Waals surface area (Å²) in [5, 5.41) is 8.18. The maximum absolute atomic E-state index is 12.5. The van der Waals surface area contributed by atoms with Crippen LogP contribution in [0, 0.1) is 0 Å². The summed E-state index contributed by atoms with van der Waals surface area (Å²) in [5.41, 5.74) is 4.70. The first-order chi connectivity index (χ1) is 13.9. The molecular formula is C17H31N3O9P2. The van der Waals surface area contributed by atoms with Crippen LogP contribution in [0.25, 0.3) is 0 Å². The van der Waals surface area contributed by atoms with E-state index in [4.69, 9.17) is 19.7 Å². The van der Waals surface area contributed by atoms with Crippen molar-refractivity contribution in [2.75, 3.05) is 19.0 Å². The minimum absolute atomic E-state index is 0.0267. The summed E-state index contributed by atoms with van der Waals surface area (Å²) >= 11 is 0. The SMILES string of the molecule is CC(C)(O[C@@H]1C(O)[C@H](n2ccc(N)nc2=O)O[C@@H]1COP(=O)(O)C(C)(C)C)P(C)(=O)O. The Morgan fingerprint density at radius 2 is 1.84 bits per heavy atom. The highest BCUT2D eigenvalue weighted by molar-refractivity contribution is 7.58. The lowest BCUT2D eigenvalue weighted by Crippen LogP contribution is -2.43. The molecule has 2 rings (SSSR count). The number of rotatable bonds is 7. The third kappa shape index (κ3) is 5.64. The Morgan fingerprint density at radius 1 is 1.26 bits per heavy atom. The van der Waals surface area contributed by atoms with Crippen molar-refractivity contribution in [3.63, 3.8) is 0 Å². The van der Waals surface area contributed by atoms with E-state index in [1.807, 2.05) is 0 Å². The lowest BCUT2D eigenvalue weighted by molar-refractivity contribution is -0.0961. The molecule has 2 heterocycles. The molecule has 31 heavy (non-hydrogen) atoms. The molecule has 5 N–H and O–H groups in total. The monoisotopic (exact) mass is 483 g/mol. The standard InChI is InChI=1S/C17H31N3O9P2/c1-16(2,3)31(25,26)27-9-10-13(29-17(4,5)30(6,23)24)12(21)14(28-10)20-8-7-11(18)19-15(20)22/h7-8,10,12-14,21H,9H2,1-6H3,(H,23,24)(H,25,26)(H2,18,19,22)/t10-,12?,13+,14-/m1/s1. The molecule has 0 radical (unpaired) electrons. The highest BCUT2D eigenvalue weighted by Gasteiger charge is 2.51. The van der Waals surface area contributed by atoms with Gasteiger partial charge in [-0.25, -0.2) is 4.79 Å². The topological polar surface area (TPSA) is 183 Å². The Balaban J connectivity index is 2.38. The van der Waals surface area contributed by atoms with Crippen LogP contribution in [0.1, 0.15) is 40.8 Å². The zero-order chi connectivity index (χ0) is 24.0. The van der Waals surface area contributed by atoms with Crippen molar-refractivity contribution in [1.29, 1.82) is 0 Å². The number of nitrogen functional groups attached to an aromatic ring is 1. The van der Waals surface area contributed by atoms with E-state index in [1.165, 1.54) is 46.9 Å². The summed E-state index contributed by atoms with van der Waals surface area (Å²) in [6.45, 7) is 7.94. The summed E-state index contributed by atoms with van der Waals surface area (Å²) in [4.78, 5) is 36.0. The highest BCUT2D eigenvalue weighted by Crippen LogP contribution is 2.56. The van der Waals surface area contributed by atoms with Crippen LogP contribution < -0.4 is 11.4 Å². The van der Waals surface area contributed by atoms with Crippen LogP contribution in [0.3, 0.4) is 0 Å². The van der Waals surface area contributed by atoms with Gasteiger partial charge in [0.2, 0.25) is 7.37 Å². The molecule has 14 heteroatoms. The molecule has 0 bridgehead atoms. The van der Waals surface area contributed by atoms with Crippen molar-refractivity contribution in [2.24, 2.45) is 0 Å². The smallest absolute Gasteiger partial charge is 0.351 e. The zero-order valence-corrected chi connectivity index (χ0v) is 20.1. The highest BCUT2D eigenvalue weighted by atomic mass is 31.2. The molecule has 0 saturated carbocycles. The zero-order valence-electron chi connectivity index (χ0n) is 18.3. The number of anilines is 1. The van der Waals surface area contributed by atoms with Gasteiger partial charge in [0, 0.05) is 12.9 Å². The number of nitrogens with zero attached hydrogens (tertiary/aromatic N) is 2. The molecule has 1 aromatic rings. The molecule has 12 nitrogen and oxygen atoms in total. The van der Waals surface area contributed by atoms with Gasteiger partial charge in [0.05, 0.1) is 11.8 Å². The Kier molecular flexibility index (Phi) is 7.33. The molecule has 0 spiro atoms. The second-order valence-corrected chi connectivity index (χ2v) is 14.5. The molecular weight excluding hydrogens is 452 g/mol. The van der Waals surface area contributed by atoms with Crippen molar-refractivity contribution in [2.45, 2.75) is 69.7 Å². The van der Waals surface area contributed by atoms with E-state index in [-0.39, 0.29) is 5.82 Å². The van der Waals surface area contributed by atoms with E-state index in [9.17, 15) is 28.8 Å². The molecule has 1 saturated heterocycles. The summed E-state index contributed by atoms with van der Waals surface area (Å²) in [6, 6.07) is 1.33. The maximum Gasteiger partial charge on any atom is 0.351 e. The average Bonchev–Trinajstić information content (AvgIpc) is 2.87. The summed E-state index contributed by atoms with van der Waals surface area (Å²) < 4.78 is 42.4. The van der Waals surface area contributed by atoms with Crippen LogP contribution in [0.5, 0.6) is 0 Å². The number of ether oxygens (including phenoxy) is 2. The molecule has 178 valence electrons. The first-order valence-corrected chi connectivity index (χ1v) is 13.2. The molecule has 1 aromatic heterocycles. The maximum atomic E-state index is 12.5. The van der Waals surface area contributed by atoms with Gasteiger partial charge in [-0.1, -0.05) is 0 Å². The predicted molar refractivity (Wildman–Crippen MR) is 113 cm³/mol. The number of aliphatic hydroxyl groups excluding tert-OH is 1. The van der Waals surface area contributed by atoms with E-state index in [1.54, 1.807) is 0 Å². The summed E-state index contributed by atoms with van der Waals surface area (Å²) in [5.74, 6) is -0.0267. The lowest BCUT2D eigenvalue weighted by atomic mass is 10.1. The normalized spacial score (nSPS) is 28.8. The van der Waals surface area contributed by atoms with E-state index in [0.717, 1.165) is 11.2 Å². The van der Waals surface area contributed by atoms with Crippen LogP contribution in [-0.4, -0.2) is 66.5 Å². The van der Waals surface area contributed by atoms with Gasteiger partial charge in [0.15, 0.2) is 6.23 Å². The molecule has 1 aliphatic rings. The van der Waals surface area contributed by atoms with Crippen molar-refractivity contribution in [3.05, 3.63) is 22.7 Å². The molecule has 0 aliphatic carbocycles. The molecule has 6 atom stereocenters. The van der Waals surface area contributed by atoms with Crippen LogP contribution >= 0.6 is 15.0 Å². The average molecular weight is 483 g/mol. The first-order valence-electron chi connectivity index (χ1n) is 9.51. The molecule has 1 fully saturated rings. The largest absolute Gasteiger partial charge is 0.386 e. The van der Waals surface area contributed by atoms with E-state index in [2.05, 4.69) is 4.98 Å². The minimum Gasteiger partial charge on any atom is -0.386 e. The van der Waals surface area contributed by atoms with Crippen LogP contribution in [0.2, 0.25) is 0 Å². The van der Waals surface area contributed by atoms with Crippen LogP contribution in [-0.2, 0) is 23.1 Å². The van der Waals surface area contributed by atoms with E-state index < -0.39 is 62.3 Å². The molecule has 1 aliphatic heterocycles.